The molecule has 1 saturated heterocycles. The molecule has 0 saturated carbocycles. The molecule has 9 nitrogen and oxygen atoms in total. The number of carbonyl (C=O) groups excluding carboxylic acids is 1. The highest BCUT2D eigenvalue weighted by molar-refractivity contribution is 6.01. The monoisotopic (exact) mass is 532 g/mol. The number of nitrogens with one attached hydrogen (secondary N) is 1. The highest BCUT2D eigenvalue weighted by atomic mass is 19.1. The Kier molecular flexibility index (Phi) is 6.55. The van der Waals surface area contributed by atoms with Crippen LogP contribution in [0, 0.1) is 11.6 Å². The molecule has 1 aliphatic heterocycles. The minimum Gasteiger partial charge on any atom is -0.488 e. The second-order valence-corrected chi connectivity index (χ2v) is 9.51. The van der Waals surface area contributed by atoms with Gasteiger partial charge in [0.25, 0.3) is 0 Å². The molecule has 1 N–H and O–H groups in total. The maximum atomic E-state index is 14.3. The molecule has 4 heterocycles. The maximum absolute atomic E-state index is 14.3. The number of carbonyl (C=O) groups is 1. The summed E-state index contributed by atoms with van der Waals surface area (Å²) in [7, 11) is 1.72. The number of hydrogen-bond acceptors (Lipinski definition) is 7. The Balaban J connectivity index is 1.24. The van der Waals surface area contributed by atoms with E-state index >= 15 is 0 Å². The van der Waals surface area contributed by atoms with Gasteiger partial charge in [-0.2, -0.15) is 0 Å². The van der Waals surface area contributed by atoms with E-state index in [2.05, 4.69) is 24.8 Å². The van der Waals surface area contributed by atoms with Gasteiger partial charge in [-0.1, -0.05) is 12.1 Å². The standard InChI is InChI=1S/C28H26F2N6O3/c1-35-22-9-8-19(30)13-21(22)25(24(35)28(37)38-12-10-17-4-6-18(29)7-5-17)39-14-20-3-2-11-36(20)27-23-26(32-15-31-23)33-16-34-27/h4-9,13,15-16,20H,2-3,10-12,14H2,1H3,(H,31,32,33,34)/t20-/m1/s1. The quantitative estimate of drug-likeness (QED) is 0.292. The Morgan fingerprint density at radius 1 is 1.10 bits per heavy atom. The Morgan fingerprint density at radius 3 is 2.77 bits per heavy atom. The van der Waals surface area contributed by atoms with Gasteiger partial charge in [-0.15, -0.1) is 0 Å². The van der Waals surface area contributed by atoms with Crippen LogP contribution in [-0.2, 0) is 18.2 Å². The summed E-state index contributed by atoms with van der Waals surface area (Å²) in [6.45, 7) is 1.13. The minimum atomic E-state index is -0.580. The molecule has 1 fully saturated rings. The zero-order valence-corrected chi connectivity index (χ0v) is 21.2. The summed E-state index contributed by atoms with van der Waals surface area (Å²) in [6.07, 6.45) is 5.31. The molecule has 1 aliphatic rings. The van der Waals surface area contributed by atoms with Gasteiger partial charge < -0.3 is 23.9 Å². The Labute approximate surface area is 222 Å². The molecule has 5 aromatic rings. The van der Waals surface area contributed by atoms with Crippen molar-refractivity contribution in [2.45, 2.75) is 25.3 Å². The zero-order valence-electron chi connectivity index (χ0n) is 21.2. The second kappa shape index (κ2) is 10.3. The third kappa shape index (κ3) is 4.75. The maximum Gasteiger partial charge on any atom is 0.358 e. The Bertz CT molecular complexity index is 1650. The van der Waals surface area contributed by atoms with E-state index in [0.29, 0.717) is 28.5 Å². The van der Waals surface area contributed by atoms with Crippen LogP contribution in [-0.4, -0.2) is 56.3 Å². The number of nitrogens with zero attached hydrogens (tertiary/aromatic N) is 5. The summed E-state index contributed by atoms with van der Waals surface area (Å²) < 4.78 is 41.0. The SMILES string of the molecule is Cn1c(C(=O)OCCc2ccc(F)cc2)c(OC[C@H]2CCCN2c2ncnc3[nH]cnc23)c2cc(F)ccc21. The van der Waals surface area contributed by atoms with Crippen molar-refractivity contribution >= 4 is 33.9 Å². The average molecular weight is 533 g/mol. The van der Waals surface area contributed by atoms with Gasteiger partial charge in [-0.05, 0) is 48.7 Å². The van der Waals surface area contributed by atoms with Gasteiger partial charge >= 0.3 is 5.97 Å². The van der Waals surface area contributed by atoms with Crippen LogP contribution in [0.25, 0.3) is 22.1 Å². The topological polar surface area (TPSA) is 98.2 Å². The lowest BCUT2D eigenvalue weighted by atomic mass is 10.2. The van der Waals surface area contributed by atoms with E-state index in [0.717, 1.165) is 30.8 Å². The lowest BCUT2D eigenvalue weighted by Gasteiger charge is -2.25. The van der Waals surface area contributed by atoms with Crippen LogP contribution in [0.1, 0.15) is 28.9 Å². The number of anilines is 1. The summed E-state index contributed by atoms with van der Waals surface area (Å²) in [5.74, 6) is -0.341. The Hall–Kier alpha value is -4.54. The molecule has 0 amide bonds. The predicted octanol–water partition coefficient (Wildman–Crippen LogP) is 4.57. The van der Waals surface area contributed by atoms with Crippen LogP contribution in [0.15, 0.2) is 55.1 Å². The van der Waals surface area contributed by atoms with Gasteiger partial charge in [0.15, 0.2) is 22.9 Å². The van der Waals surface area contributed by atoms with Crippen molar-refractivity contribution in [3.63, 3.8) is 0 Å². The number of aryl methyl sites for hydroxylation is 1. The fraction of sp³-hybridized carbons (Fsp3) is 0.286. The number of fused-ring (bicyclic) bond motifs is 2. The number of benzene rings is 2. The molecule has 3 aromatic heterocycles. The molecular weight excluding hydrogens is 506 g/mol. The first kappa shape index (κ1) is 24.8. The average Bonchev–Trinajstić information content (AvgIpc) is 3.66. The van der Waals surface area contributed by atoms with Crippen LogP contribution in [0.3, 0.4) is 0 Å². The van der Waals surface area contributed by atoms with E-state index in [4.69, 9.17) is 9.47 Å². The van der Waals surface area contributed by atoms with Crippen molar-refractivity contribution < 1.29 is 23.0 Å². The van der Waals surface area contributed by atoms with Crippen molar-refractivity contribution in [1.82, 2.24) is 24.5 Å². The molecule has 39 heavy (non-hydrogen) atoms. The molecular formula is C28H26F2N6O3. The number of ether oxygens (including phenoxy) is 2. The largest absolute Gasteiger partial charge is 0.488 e. The van der Waals surface area contributed by atoms with Gasteiger partial charge in [-0.3, -0.25) is 0 Å². The summed E-state index contributed by atoms with van der Waals surface area (Å²) in [5, 5.41) is 0.490. The minimum absolute atomic E-state index is 0.0361. The molecule has 200 valence electrons. The lowest BCUT2D eigenvalue weighted by molar-refractivity contribution is 0.0493. The number of H-pyrrole nitrogens is 1. The molecule has 6 rings (SSSR count). The molecule has 0 unspecified atom stereocenters. The van der Waals surface area contributed by atoms with Gasteiger partial charge in [0.2, 0.25) is 0 Å². The first-order valence-corrected chi connectivity index (χ1v) is 12.7. The van der Waals surface area contributed by atoms with Crippen molar-refractivity contribution in [3.8, 4) is 5.75 Å². The van der Waals surface area contributed by atoms with Gasteiger partial charge in [0.05, 0.1) is 24.5 Å². The molecule has 1 atom stereocenters. The summed E-state index contributed by atoms with van der Waals surface area (Å²) in [5.41, 5.74) is 3.03. The number of halogens is 2. The summed E-state index contributed by atoms with van der Waals surface area (Å²) in [4.78, 5) is 31.5. The number of hydrogen-bond donors (Lipinski definition) is 1. The Morgan fingerprint density at radius 2 is 1.92 bits per heavy atom. The summed E-state index contributed by atoms with van der Waals surface area (Å²) >= 11 is 0. The van der Waals surface area contributed by atoms with Crippen LogP contribution in [0.2, 0.25) is 0 Å². The fourth-order valence-corrected chi connectivity index (χ4v) is 5.17. The summed E-state index contributed by atoms with van der Waals surface area (Å²) in [6, 6.07) is 10.3. The molecule has 11 heteroatoms. The van der Waals surface area contributed by atoms with E-state index < -0.39 is 11.8 Å². The third-order valence-corrected chi connectivity index (χ3v) is 7.11. The molecule has 0 aliphatic carbocycles. The smallest absolute Gasteiger partial charge is 0.358 e. The number of imidazole rings is 1. The second-order valence-electron chi connectivity index (χ2n) is 9.51. The highest BCUT2D eigenvalue weighted by Crippen LogP contribution is 2.35. The van der Waals surface area contributed by atoms with Gasteiger partial charge in [0, 0.05) is 25.4 Å². The van der Waals surface area contributed by atoms with Crippen LogP contribution < -0.4 is 9.64 Å². The van der Waals surface area contributed by atoms with Crippen molar-refractivity contribution in [2.24, 2.45) is 7.05 Å². The molecule has 0 spiro atoms. The van der Waals surface area contributed by atoms with Gasteiger partial charge in [-0.25, -0.2) is 28.5 Å². The van der Waals surface area contributed by atoms with Gasteiger partial charge in [0.1, 0.15) is 30.1 Å². The van der Waals surface area contributed by atoms with Crippen molar-refractivity contribution in [1.29, 1.82) is 0 Å². The van der Waals surface area contributed by atoms with Crippen LogP contribution >= 0.6 is 0 Å². The molecule has 0 bridgehead atoms. The molecule has 2 aromatic carbocycles. The molecule has 0 radical (unpaired) electrons. The fourth-order valence-electron chi connectivity index (χ4n) is 5.17. The van der Waals surface area contributed by atoms with Crippen LogP contribution in [0.5, 0.6) is 5.75 Å². The van der Waals surface area contributed by atoms with E-state index in [-0.39, 0.29) is 36.5 Å². The first-order valence-electron chi connectivity index (χ1n) is 12.7. The highest BCUT2D eigenvalue weighted by Gasteiger charge is 2.31. The van der Waals surface area contributed by atoms with E-state index in [1.807, 2.05) is 0 Å². The van der Waals surface area contributed by atoms with Crippen molar-refractivity contribution in [3.05, 3.63) is 78.0 Å². The first-order chi connectivity index (χ1) is 19.0. The predicted molar refractivity (Wildman–Crippen MR) is 141 cm³/mol. The number of aromatic nitrogens is 5. The zero-order chi connectivity index (χ0) is 26.9. The number of esters is 1. The van der Waals surface area contributed by atoms with Crippen molar-refractivity contribution in [2.75, 3.05) is 24.7 Å². The lowest BCUT2D eigenvalue weighted by Crippen LogP contribution is -2.35. The number of aromatic amines is 1. The normalized spacial score (nSPS) is 15.4. The van der Waals surface area contributed by atoms with E-state index in [1.54, 1.807) is 36.1 Å². The third-order valence-electron chi connectivity index (χ3n) is 7.11. The van der Waals surface area contributed by atoms with E-state index in [9.17, 15) is 13.6 Å². The van der Waals surface area contributed by atoms with Crippen LogP contribution in [0.4, 0.5) is 14.6 Å². The number of rotatable bonds is 8. The van der Waals surface area contributed by atoms with E-state index in [1.165, 1.54) is 30.6 Å².